The maximum absolute atomic E-state index is 14.1. The van der Waals surface area contributed by atoms with Crippen molar-refractivity contribution in [3.63, 3.8) is 0 Å². The highest BCUT2D eigenvalue weighted by atomic mass is 35.5. The maximum Gasteiger partial charge on any atom is 0.262 e. The van der Waals surface area contributed by atoms with Crippen LogP contribution < -0.4 is 15.0 Å². The molecular weight excluding hydrogens is 463 g/mol. The molecule has 5 rings (SSSR count). The number of anilines is 2. The van der Waals surface area contributed by atoms with Crippen molar-refractivity contribution >= 4 is 28.9 Å². The van der Waals surface area contributed by atoms with Crippen LogP contribution in [0.1, 0.15) is 40.1 Å². The molecule has 0 saturated carbocycles. The lowest BCUT2D eigenvalue weighted by molar-refractivity contribution is 0.0975. The maximum atomic E-state index is 14.1. The van der Waals surface area contributed by atoms with Gasteiger partial charge in [0, 0.05) is 16.9 Å². The van der Waals surface area contributed by atoms with Crippen molar-refractivity contribution in [3.05, 3.63) is 124 Å². The minimum absolute atomic E-state index is 0.0221. The summed E-state index contributed by atoms with van der Waals surface area (Å²) >= 11 is 6.11. The largest absolute Gasteiger partial charge is 0.489 e. The molecule has 0 aromatic heterocycles. The number of carbonyl (C=O) groups excluding carboxylic acids is 1. The van der Waals surface area contributed by atoms with E-state index in [1.54, 1.807) is 17.0 Å². The first-order valence-electron chi connectivity index (χ1n) is 11.5. The molecule has 0 radical (unpaired) electrons. The van der Waals surface area contributed by atoms with Crippen LogP contribution in [0.2, 0.25) is 5.02 Å². The number of amides is 1. The summed E-state index contributed by atoms with van der Waals surface area (Å²) in [6.45, 7) is 2.12. The molecule has 0 saturated heterocycles. The van der Waals surface area contributed by atoms with Gasteiger partial charge >= 0.3 is 0 Å². The molecule has 4 nitrogen and oxygen atoms in total. The van der Waals surface area contributed by atoms with Gasteiger partial charge in [-0.15, -0.1) is 0 Å². The molecule has 0 bridgehead atoms. The number of ether oxygens (including phenoxy) is 1. The third kappa shape index (κ3) is 4.60. The van der Waals surface area contributed by atoms with Crippen LogP contribution in [0, 0.1) is 5.82 Å². The van der Waals surface area contributed by atoms with Gasteiger partial charge in [0.2, 0.25) is 0 Å². The molecule has 6 heteroatoms. The molecule has 1 amide bonds. The number of halogens is 2. The monoisotopic (exact) mass is 486 g/mol. The Hall–Kier alpha value is -3.83. The van der Waals surface area contributed by atoms with Gasteiger partial charge in [-0.3, -0.25) is 9.69 Å². The third-order valence-electron chi connectivity index (χ3n) is 6.19. The number of carbonyl (C=O) groups is 1. The van der Waals surface area contributed by atoms with Gasteiger partial charge in [-0.05, 0) is 66.1 Å². The lowest BCUT2D eigenvalue weighted by atomic mass is 10.0. The average molecular weight is 487 g/mol. The van der Waals surface area contributed by atoms with Crippen molar-refractivity contribution in [1.29, 1.82) is 0 Å². The fourth-order valence-electron chi connectivity index (χ4n) is 4.22. The molecule has 4 aromatic rings. The summed E-state index contributed by atoms with van der Waals surface area (Å²) in [6, 6.07) is 27.6. The number of rotatable bonds is 6. The van der Waals surface area contributed by atoms with E-state index in [0.29, 0.717) is 21.9 Å². The predicted molar refractivity (Wildman–Crippen MR) is 138 cm³/mol. The van der Waals surface area contributed by atoms with Crippen LogP contribution in [0.3, 0.4) is 0 Å². The SMILES string of the molecule is CCc1ccc(N2C(=O)c3ccccc3N[C@@H]2c2ccc(OCc3c(F)cccc3Cl)cc2)cc1. The number of para-hydroxylation sites is 1. The molecule has 0 aliphatic carbocycles. The molecule has 35 heavy (non-hydrogen) atoms. The van der Waals surface area contributed by atoms with Crippen LogP contribution in [0.25, 0.3) is 0 Å². The predicted octanol–water partition coefficient (Wildman–Crippen LogP) is 7.39. The highest BCUT2D eigenvalue weighted by molar-refractivity contribution is 6.31. The van der Waals surface area contributed by atoms with E-state index in [9.17, 15) is 9.18 Å². The molecule has 1 N–H and O–H groups in total. The van der Waals surface area contributed by atoms with E-state index < -0.39 is 12.0 Å². The molecular formula is C29H24ClFN2O2. The highest BCUT2D eigenvalue weighted by Crippen LogP contribution is 2.37. The number of nitrogens with zero attached hydrogens (tertiary/aromatic N) is 1. The number of aryl methyl sites for hydroxylation is 1. The van der Waals surface area contributed by atoms with Crippen molar-refractivity contribution in [3.8, 4) is 5.75 Å². The Bertz CT molecular complexity index is 1340. The Balaban J connectivity index is 1.43. The van der Waals surface area contributed by atoms with Crippen molar-refractivity contribution < 1.29 is 13.9 Å². The fourth-order valence-corrected chi connectivity index (χ4v) is 4.43. The van der Waals surface area contributed by atoms with E-state index in [1.165, 1.54) is 11.6 Å². The lowest BCUT2D eigenvalue weighted by Gasteiger charge is -2.38. The minimum Gasteiger partial charge on any atom is -0.489 e. The number of benzene rings is 4. The second-order valence-corrected chi connectivity index (χ2v) is 8.75. The Morgan fingerprint density at radius 3 is 2.40 bits per heavy atom. The van der Waals surface area contributed by atoms with Crippen LogP contribution in [0.5, 0.6) is 5.75 Å². The summed E-state index contributed by atoms with van der Waals surface area (Å²) in [5, 5.41) is 3.84. The van der Waals surface area contributed by atoms with E-state index in [2.05, 4.69) is 12.2 Å². The zero-order valence-corrected chi connectivity index (χ0v) is 19.9. The molecule has 0 unspecified atom stereocenters. The lowest BCUT2D eigenvalue weighted by Crippen LogP contribution is -2.43. The zero-order chi connectivity index (χ0) is 24.4. The summed E-state index contributed by atoms with van der Waals surface area (Å²) in [6.07, 6.45) is 0.526. The number of fused-ring (bicyclic) bond motifs is 1. The van der Waals surface area contributed by atoms with Crippen molar-refractivity contribution in [2.24, 2.45) is 0 Å². The normalized spacial score (nSPS) is 14.9. The molecule has 1 aliphatic rings. The summed E-state index contributed by atoms with van der Waals surface area (Å²) in [5.41, 5.74) is 4.65. The molecule has 1 aliphatic heterocycles. The summed E-state index contributed by atoms with van der Waals surface area (Å²) in [7, 11) is 0. The van der Waals surface area contributed by atoms with Gasteiger partial charge in [0.1, 0.15) is 24.3 Å². The first-order valence-corrected chi connectivity index (χ1v) is 11.9. The van der Waals surface area contributed by atoms with Gasteiger partial charge in [0.05, 0.1) is 10.6 Å². The van der Waals surface area contributed by atoms with Crippen LogP contribution in [-0.4, -0.2) is 5.91 Å². The van der Waals surface area contributed by atoms with Gasteiger partial charge in [-0.25, -0.2) is 4.39 Å². The van der Waals surface area contributed by atoms with Crippen LogP contribution in [0.4, 0.5) is 15.8 Å². The van der Waals surface area contributed by atoms with Gasteiger partial charge in [0.15, 0.2) is 0 Å². The minimum atomic E-state index is -0.403. The topological polar surface area (TPSA) is 41.6 Å². The van der Waals surface area contributed by atoms with Crippen molar-refractivity contribution in [2.45, 2.75) is 26.1 Å². The fraction of sp³-hybridized carbons (Fsp3) is 0.138. The standard InChI is InChI=1S/C29H24ClFN2O2/c1-2-19-10-14-21(15-11-19)33-28(32-27-9-4-3-6-23(27)29(33)34)20-12-16-22(17-13-20)35-18-24-25(30)7-5-8-26(24)31/h3-17,28,32H,2,18H2,1H3/t28-/m0/s1. The summed E-state index contributed by atoms with van der Waals surface area (Å²) < 4.78 is 19.8. The van der Waals surface area contributed by atoms with E-state index >= 15 is 0 Å². The molecule has 1 heterocycles. The van der Waals surface area contributed by atoms with Crippen LogP contribution in [-0.2, 0) is 13.0 Å². The molecule has 4 aromatic carbocycles. The smallest absolute Gasteiger partial charge is 0.262 e. The average Bonchev–Trinajstić information content (AvgIpc) is 2.89. The number of hydrogen-bond donors (Lipinski definition) is 1. The molecule has 176 valence electrons. The van der Waals surface area contributed by atoms with Crippen molar-refractivity contribution in [2.75, 3.05) is 10.2 Å². The quantitative estimate of drug-likeness (QED) is 0.309. The summed E-state index contributed by atoms with van der Waals surface area (Å²) in [4.78, 5) is 15.3. The number of hydrogen-bond acceptors (Lipinski definition) is 3. The van der Waals surface area contributed by atoms with Gasteiger partial charge in [-0.2, -0.15) is 0 Å². The molecule has 0 spiro atoms. The second-order valence-electron chi connectivity index (χ2n) is 8.35. The van der Waals surface area contributed by atoms with E-state index in [0.717, 1.165) is 23.4 Å². The number of nitrogens with one attached hydrogen (secondary N) is 1. The van der Waals surface area contributed by atoms with Gasteiger partial charge in [0.25, 0.3) is 5.91 Å². The van der Waals surface area contributed by atoms with E-state index in [4.69, 9.17) is 16.3 Å². The second kappa shape index (κ2) is 9.80. The van der Waals surface area contributed by atoms with E-state index in [1.807, 2.05) is 72.8 Å². The first-order chi connectivity index (χ1) is 17.0. The van der Waals surface area contributed by atoms with Gasteiger partial charge < -0.3 is 10.1 Å². The first kappa shape index (κ1) is 22.9. The Morgan fingerprint density at radius 2 is 1.69 bits per heavy atom. The molecule has 0 fully saturated rings. The van der Waals surface area contributed by atoms with Gasteiger partial charge in [-0.1, -0.05) is 61.0 Å². The third-order valence-corrected chi connectivity index (χ3v) is 6.54. The van der Waals surface area contributed by atoms with E-state index in [-0.39, 0.29) is 12.5 Å². The molecule has 1 atom stereocenters. The Labute approximate surface area is 208 Å². The zero-order valence-electron chi connectivity index (χ0n) is 19.2. The Morgan fingerprint density at radius 1 is 0.943 bits per heavy atom. The van der Waals surface area contributed by atoms with Crippen LogP contribution in [0.15, 0.2) is 91.0 Å². The summed E-state index contributed by atoms with van der Waals surface area (Å²) in [5.74, 6) is 0.111. The van der Waals surface area contributed by atoms with Crippen molar-refractivity contribution in [1.82, 2.24) is 0 Å². The van der Waals surface area contributed by atoms with Crippen LogP contribution >= 0.6 is 11.6 Å². The highest BCUT2D eigenvalue weighted by Gasteiger charge is 2.34. The Kier molecular flexibility index (Phi) is 6.43.